The van der Waals surface area contributed by atoms with E-state index >= 15 is 0 Å². The van der Waals surface area contributed by atoms with E-state index < -0.39 is 30.1 Å². The first kappa shape index (κ1) is 118. The van der Waals surface area contributed by atoms with Crippen LogP contribution in [0.25, 0.3) is 0 Å². The smallest absolute Gasteiger partial charge is 0.306 e. The molecule has 0 aliphatic rings. The maximum atomic E-state index is 12.7. The van der Waals surface area contributed by atoms with Gasteiger partial charge in [-0.2, -0.15) is 0 Å². The number of carbonyl (C=O) groups is 9. The summed E-state index contributed by atoms with van der Waals surface area (Å²) in [6.07, 6.45) is 60.2. The highest BCUT2D eigenvalue weighted by Crippen LogP contribution is 2.17. The van der Waals surface area contributed by atoms with Gasteiger partial charge in [-0.25, -0.2) is 10.5 Å². The van der Waals surface area contributed by atoms with Gasteiger partial charge >= 0.3 is 53.7 Å². The number of halogens is 2. The average molecular weight is 1860 g/mol. The van der Waals surface area contributed by atoms with E-state index in [0.717, 1.165) is 96.3 Å². The molecule has 0 heterocycles. The highest BCUT2D eigenvalue weighted by molar-refractivity contribution is 15.0. The molecule has 114 heavy (non-hydrogen) atoms. The number of carbonyl (C=O) groups excluding carboxylic acids is 9. The molecule has 0 fully saturated rings. The van der Waals surface area contributed by atoms with Crippen LogP contribution in [-0.4, -0.2) is 181 Å². The van der Waals surface area contributed by atoms with Gasteiger partial charge in [-0.1, -0.05) is 216 Å². The summed E-state index contributed by atoms with van der Waals surface area (Å²) in [4.78, 5) is 109. The maximum absolute atomic E-state index is 12.7. The Bertz CT molecular complexity index is 2140. The second-order valence-corrected chi connectivity index (χ2v) is 27.9. The van der Waals surface area contributed by atoms with Crippen LogP contribution in [0.5, 0.6) is 0 Å². The molecule has 0 aromatic carbocycles. The van der Waals surface area contributed by atoms with Gasteiger partial charge in [-0.3, -0.25) is 43.2 Å². The second kappa shape index (κ2) is 103. The predicted octanol–water partition coefficient (Wildman–Crippen LogP) is 19.1. The SMILES string of the molecule is CCCCCCC/C=C\CCCCCCC(=O)OCC(COC(=O)CCCCCC/C=C\CCCCCCC)OC(=O)CCCCCC/C=C\CCCCCCC.II.O=C(CCCCCCC(=O)OCC(COC(=O)CCCCCCC(=O)OCCO)OC(=O)CCCCCCC(=O)OCCO)OCCO.OCCO.OOO. The Morgan fingerprint density at radius 3 is 0.561 bits per heavy atom. The fraction of sp³-hybridized carbons (Fsp3) is 0.826. The van der Waals surface area contributed by atoms with E-state index in [2.05, 4.69) is 99.5 Å². The molecule has 0 saturated carbocycles. The topological polar surface area (TPSA) is 388 Å². The quantitative estimate of drug-likeness (QED) is 0.00565. The van der Waals surface area contributed by atoms with E-state index in [1.54, 1.807) is 0 Å². The zero-order valence-electron chi connectivity index (χ0n) is 70.4. The van der Waals surface area contributed by atoms with Crippen molar-refractivity contribution in [3.05, 3.63) is 36.5 Å². The Morgan fingerprint density at radius 2 is 0.395 bits per heavy atom. The van der Waals surface area contributed by atoms with Crippen molar-refractivity contribution in [2.24, 2.45) is 0 Å². The lowest BCUT2D eigenvalue weighted by atomic mass is 10.1. The number of rotatable bonds is 77. The average Bonchev–Trinajstić information content (AvgIpc) is 0.946. The molecule has 0 atom stereocenters. The van der Waals surface area contributed by atoms with E-state index in [1.165, 1.54) is 116 Å². The molecule has 0 aromatic heterocycles. The van der Waals surface area contributed by atoms with E-state index in [-0.39, 0.29) is 154 Å². The third-order valence-corrected chi connectivity index (χ3v) is 17.4. The van der Waals surface area contributed by atoms with Crippen molar-refractivity contribution in [1.29, 1.82) is 0 Å². The number of allylic oxidation sites excluding steroid dienone is 6. The van der Waals surface area contributed by atoms with Gasteiger partial charge in [0, 0.05) is 95.0 Å². The number of aliphatic hydroxyl groups excluding tert-OH is 5. The Labute approximate surface area is 708 Å². The minimum Gasteiger partial charge on any atom is -0.463 e. The molecule has 0 aliphatic carbocycles. The predicted molar refractivity (Wildman–Crippen MR) is 460 cm³/mol. The maximum Gasteiger partial charge on any atom is 0.306 e. The van der Waals surface area contributed by atoms with Gasteiger partial charge in [-0.05, 0) is 135 Å². The highest BCUT2D eigenvalue weighted by atomic mass is 128. The molecule has 0 saturated heterocycles. The zero-order chi connectivity index (χ0) is 85.3. The molecule has 7 N–H and O–H groups in total. The third kappa shape index (κ3) is 104. The minimum atomic E-state index is -0.985. The zero-order valence-corrected chi connectivity index (χ0v) is 74.7. The molecule has 0 radical (unpaired) electrons. The van der Waals surface area contributed by atoms with Gasteiger partial charge < -0.3 is 68.2 Å². The van der Waals surface area contributed by atoms with Crippen molar-refractivity contribution in [2.45, 2.75) is 380 Å². The number of esters is 9. The first-order chi connectivity index (χ1) is 55.6. The molecule has 0 spiro atoms. The minimum absolute atomic E-state index is 0.0266. The Balaban J connectivity index is -0.000000635. The van der Waals surface area contributed by atoms with Crippen molar-refractivity contribution in [2.75, 3.05) is 79.3 Å². The number of ether oxygens (including phenoxy) is 9. The van der Waals surface area contributed by atoms with Gasteiger partial charge in [0.15, 0.2) is 12.2 Å². The van der Waals surface area contributed by atoms with Crippen LogP contribution in [0.15, 0.2) is 36.5 Å². The summed E-state index contributed by atoms with van der Waals surface area (Å²) in [5, 5.41) is 56.7. The Hall–Kier alpha value is -4.41. The van der Waals surface area contributed by atoms with Crippen molar-refractivity contribution >= 4 is 91.0 Å². The van der Waals surface area contributed by atoms with Crippen LogP contribution in [0.4, 0.5) is 0 Å². The van der Waals surface area contributed by atoms with E-state index in [0.29, 0.717) is 96.3 Å². The molecule has 0 amide bonds. The summed E-state index contributed by atoms with van der Waals surface area (Å²) >= 11 is 4.24. The first-order valence-electron chi connectivity index (χ1n) is 43.1. The molecule has 0 rings (SSSR count). The molecule has 26 nitrogen and oxygen atoms in total. The summed E-state index contributed by atoms with van der Waals surface area (Å²) in [5.74, 6) is -3.59. The fourth-order valence-electron chi connectivity index (χ4n) is 11.1. The number of aliphatic hydroxyl groups is 5. The largest absolute Gasteiger partial charge is 0.463 e. The highest BCUT2D eigenvalue weighted by Gasteiger charge is 2.22. The monoisotopic (exact) mass is 1860 g/mol. The molecule has 28 heteroatoms. The number of hydrogen-bond acceptors (Lipinski definition) is 26. The number of unbranched alkanes of at least 4 members (excludes halogenated alkanes) is 36. The van der Waals surface area contributed by atoms with E-state index in [4.69, 9.17) is 78.7 Å². The van der Waals surface area contributed by atoms with Crippen LogP contribution < -0.4 is 0 Å². The van der Waals surface area contributed by atoms with Gasteiger partial charge in [0.2, 0.25) is 0 Å². The molecule has 670 valence electrons. The van der Waals surface area contributed by atoms with Gasteiger partial charge in [0.05, 0.1) is 33.0 Å². The van der Waals surface area contributed by atoms with Crippen LogP contribution in [0.2, 0.25) is 0 Å². The standard InChI is InChI=1S/C51H92O6.C33H56O15.C2H6O2.I2.H2O3/c1-4-7-10-13-16-19-22-25-28-31-34-37-40-43-49(52)55-46-48(57-51(54)45-42-39-36-33-30-27-24-21-18-15-12-9-6-3)47-56-50(53)44-41-38-35-32-29-26-23-20-17-14-11-8-5-2;34-19-22-43-28(37)13-7-1-3-10-16-31(40)46-25-27(48-33(42)18-12-6-5-9-15-30(39)45-24-21-36)26-47-32(41)17-11-4-2-8-14-29(38)44-23-20-35;3-1-2-4;1-2;1-3-2/h22-27,48H,4-21,28-47H2,1-3H3;27,34-36H,1-26H2;3-4H,1-2H2;;1-2H/b25-22-,26-23-,27-24-;;;;. The third-order valence-electron chi connectivity index (χ3n) is 17.4. The van der Waals surface area contributed by atoms with Crippen molar-refractivity contribution in [1.82, 2.24) is 0 Å². The summed E-state index contributed by atoms with van der Waals surface area (Å²) in [6, 6.07) is 0. The summed E-state index contributed by atoms with van der Waals surface area (Å²) in [6.45, 7) is 5.01. The molecule has 0 aromatic rings. The normalized spacial score (nSPS) is 10.9. The van der Waals surface area contributed by atoms with Crippen LogP contribution >= 0.6 is 37.2 Å². The van der Waals surface area contributed by atoms with Crippen molar-refractivity contribution in [3.8, 4) is 0 Å². The van der Waals surface area contributed by atoms with Crippen molar-refractivity contribution < 1.29 is 127 Å². The Kier molecular flexibility index (Phi) is 107. The van der Waals surface area contributed by atoms with Gasteiger partial charge in [0.25, 0.3) is 0 Å². The van der Waals surface area contributed by atoms with Crippen LogP contribution in [0.3, 0.4) is 0 Å². The van der Waals surface area contributed by atoms with Crippen LogP contribution in [0.1, 0.15) is 367 Å². The lowest BCUT2D eigenvalue weighted by Crippen LogP contribution is -2.30. The van der Waals surface area contributed by atoms with Crippen LogP contribution in [-0.2, 0) is 90.8 Å². The van der Waals surface area contributed by atoms with Gasteiger partial charge in [0.1, 0.15) is 46.2 Å². The first-order valence-corrected chi connectivity index (χ1v) is 49.4. The summed E-state index contributed by atoms with van der Waals surface area (Å²) in [5.41, 5.74) is 0. The summed E-state index contributed by atoms with van der Waals surface area (Å²) in [7, 11) is 0. The molecular formula is C86H156I2O26. The second-order valence-electron chi connectivity index (χ2n) is 27.9. The molecule has 0 bridgehead atoms. The van der Waals surface area contributed by atoms with Crippen molar-refractivity contribution in [3.63, 3.8) is 0 Å². The Morgan fingerprint density at radius 1 is 0.237 bits per heavy atom. The van der Waals surface area contributed by atoms with Crippen LogP contribution in [0, 0.1) is 0 Å². The number of hydrogen-bond donors (Lipinski definition) is 7. The van der Waals surface area contributed by atoms with E-state index in [9.17, 15) is 43.2 Å². The van der Waals surface area contributed by atoms with Gasteiger partial charge in [-0.15, -0.1) is 0 Å². The lowest BCUT2D eigenvalue weighted by molar-refractivity contribution is -0.465. The lowest BCUT2D eigenvalue weighted by Gasteiger charge is -2.18. The van der Waals surface area contributed by atoms with E-state index in [1.807, 2.05) is 0 Å². The summed E-state index contributed by atoms with van der Waals surface area (Å²) < 4.78 is 47.1. The molecule has 0 unspecified atom stereocenters. The molecular weight excluding hydrogens is 1700 g/mol. The fourth-order valence-corrected chi connectivity index (χ4v) is 11.1. The molecule has 0 aliphatic heterocycles.